The van der Waals surface area contributed by atoms with E-state index < -0.39 is 0 Å². The Morgan fingerprint density at radius 2 is 1.70 bits per heavy atom. The summed E-state index contributed by atoms with van der Waals surface area (Å²) in [6.07, 6.45) is 4.55. The van der Waals surface area contributed by atoms with Gasteiger partial charge in [-0.3, -0.25) is 4.79 Å². The summed E-state index contributed by atoms with van der Waals surface area (Å²) in [5, 5.41) is 1.53. The fraction of sp³-hybridized carbons (Fsp3) is 0.316. The lowest BCUT2D eigenvalue weighted by Gasteiger charge is -2.09. The van der Waals surface area contributed by atoms with Crippen molar-refractivity contribution >= 4 is 33.3 Å². The van der Waals surface area contributed by atoms with Crippen molar-refractivity contribution in [3.05, 3.63) is 64.7 Å². The van der Waals surface area contributed by atoms with Gasteiger partial charge in [-0.25, -0.2) is 0 Å². The van der Waals surface area contributed by atoms with E-state index in [4.69, 9.17) is 16.3 Å². The number of unbranched alkanes of at least 4 members (excludes halogenated alkanes) is 3. The molecule has 0 aliphatic rings. The van der Waals surface area contributed by atoms with Crippen LogP contribution < -0.4 is 4.74 Å². The van der Waals surface area contributed by atoms with Crippen molar-refractivity contribution in [3.63, 3.8) is 0 Å². The Morgan fingerprint density at radius 3 is 2.39 bits per heavy atom. The van der Waals surface area contributed by atoms with Crippen LogP contribution in [0.4, 0.5) is 0 Å². The van der Waals surface area contributed by atoms with Crippen molar-refractivity contribution in [3.8, 4) is 5.75 Å². The Bertz CT molecular complexity index is 629. The van der Waals surface area contributed by atoms with Crippen LogP contribution in [0.2, 0.25) is 5.02 Å². The van der Waals surface area contributed by atoms with E-state index in [1.54, 1.807) is 30.3 Å². The summed E-state index contributed by atoms with van der Waals surface area (Å²) in [6, 6.07) is 14.4. The number of carbonyl (C=O) groups excluding carboxylic acids is 1. The van der Waals surface area contributed by atoms with Gasteiger partial charge in [-0.05, 0) is 31.0 Å². The molecule has 0 radical (unpaired) electrons. The average molecular weight is 396 g/mol. The summed E-state index contributed by atoms with van der Waals surface area (Å²) >= 11 is 9.66. The molecule has 4 heteroatoms. The summed E-state index contributed by atoms with van der Waals surface area (Å²) in [6.45, 7) is 0.647. The number of carbonyl (C=O) groups is 1. The molecule has 0 fully saturated rings. The second-order valence-electron chi connectivity index (χ2n) is 5.29. The van der Waals surface area contributed by atoms with Gasteiger partial charge in [-0.15, -0.1) is 0 Å². The molecule has 2 nitrogen and oxygen atoms in total. The zero-order valence-corrected chi connectivity index (χ0v) is 15.3. The van der Waals surface area contributed by atoms with Crippen LogP contribution in [0, 0.1) is 0 Å². The van der Waals surface area contributed by atoms with Crippen molar-refractivity contribution in [1.82, 2.24) is 0 Å². The van der Waals surface area contributed by atoms with Crippen molar-refractivity contribution in [2.24, 2.45) is 0 Å². The Morgan fingerprint density at radius 1 is 0.957 bits per heavy atom. The standard InChI is InChI=1S/C19H20BrClO2/c20-12-6-1-2-7-13-23-18-11-10-16(14-17(18)21)19(22)15-8-4-3-5-9-15/h3-5,8-11,14H,1-2,6-7,12-13H2. The zero-order valence-electron chi connectivity index (χ0n) is 12.9. The highest BCUT2D eigenvalue weighted by atomic mass is 79.9. The van der Waals surface area contributed by atoms with Gasteiger partial charge in [0.25, 0.3) is 0 Å². The molecular formula is C19H20BrClO2. The average Bonchev–Trinajstić information content (AvgIpc) is 2.59. The predicted molar refractivity (Wildman–Crippen MR) is 99.1 cm³/mol. The molecule has 0 atom stereocenters. The molecule has 0 saturated heterocycles. The van der Waals surface area contributed by atoms with Crippen LogP contribution in [0.1, 0.15) is 41.6 Å². The second kappa shape index (κ2) is 9.74. The maximum Gasteiger partial charge on any atom is 0.193 e. The Hall–Kier alpha value is -1.32. The number of hydrogen-bond acceptors (Lipinski definition) is 2. The maximum atomic E-state index is 12.4. The number of alkyl halides is 1. The highest BCUT2D eigenvalue weighted by Gasteiger charge is 2.11. The van der Waals surface area contributed by atoms with E-state index in [9.17, 15) is 4.79 Å². The third-order valence-corrected chi connectivity index (χ3v) is 4.37. The first-order valence-corrected chi connectivity index (χ1v) is 9.30. The van der Waals surface area contributed by atoms with Gasteiger partial charge >= 0.3 is 0 Å². The van der Waals surface area contributed by atoms with Crippen LogP contribution in [0.15, 0.2) is 48.5 Å². The fourth-order valence-electron chi connectivity index (χ4n) is 2.25. The molecule has 23 heavy (non-hydrogen) atoms. The largest absolute Gasteiger partial charge is 0.492 e. The third-order valence-electron chi connectivity index (χ3n) is 3.52. The number of benzene rings is 2. The second-order valence-corrected chi connectivity index (χ2v) is 6.49. The summed E-state index contributed by atoms with van der Waals surface area (Å²) < 4.78 is 5.70. The quantitative estimate of drug-likeness (QED) is 0.300. The Labute approximate surface area is 150 Å². The van der Waals surface area contributed by atoms with Crippen LogP contribution in [0.5, 0.6) is 5.75 Å². The first-order valence-electron chi connectivity index (χ1n) is 7.80. The summed E-state index contributed by atoms with van der Waals surface area (Å²) in [7, 11) is 0. The number of halogens is 2. The topological polar surface area (TPSA) is 26.3 Å². The predicted octanol–water partition coefficient (Wildman–Crippen LogP) is 5.91. The van der Waals surface area contributed by atoms with Gasteiger partial charge in [-0.1, -0.05) is 70.7 Å². The molecular weight excluding hydrogens is 376 g/mol. The summed E-state index contributed by atoms with van der Waals surface area (Å²) in [5.41, 5.74) is 1.23. The molecule has 2 rings (SSSR count). The highest BCUT2D eigenvalue weighted by Crippen LogP contribution is 2.26. The Kier molecular flexibility index (Phi) is 7.63. The molecule has 0 bridgehead atoms. The van der Waals surface area contributed by atoms with E-state index in [1.165, 1.54) is 12.8 Å². The minimum Gasteiger partial charge on any atom is -0.492 e. The molecule has 0 spiro atoms. The van der Waals surface area contributed by atoms with Gasteiger partial charge in [0.1, 0.15) is 5.75 Å². The number of ether oxygens (including phenoxy) is 1. The molecule has 0 N–H and O–H groups in total. The summed E-state index contributed by atoms with van der Waals surface area (Å²) in [4.78, 5) is 12.4. The van der Waals surface area contributed by atoms with E-state index in [1.807, 2.05) is 18.2 Å². The molecule has 0 aliphatic heterocycles. The van der Waals surface area contributed by atoms with Crippen molar-refractivity contribution < 1.29 is 9.53 Å². The van der Waals surface area contributed by atoms with Crippen molar-refractivity contribution in [1.29, 1.82) is 0 Å². The molecule has 0 amide bonds. The lowest BCUT2D eigenvalue weighted by Crippen LogP contribution is -2.02. The van der Waals surface area contributed by atoms with Gasteiger partial charge in [0, 0.05) is 16.5 Å². The molecule has 0 heterocycles. The number of hydrogen-bond donors (Lipinski definition) is 0. The first-order chi connectivity index (χ1) is 11.2. The molecule has 2 aromatic rings. The fourth-order valence-corrected chi connectivity index (χ4v) is 2.88. The van der Waals surface area contributed by atoms with Crippen LogP contribution in [0.3, 0.4) is 0 Å². The van der Waals surface area contributed by atoms with E-state index in [0.717, 1.165) is 18.2 Å². The van der Waals surface area contributed by atoms with Gasteiger partial charge < -0.3 is 4.74 Å². The minimum atomic E-state index is -0.0335. The minimum absolute atomic E-state index is 0.0335. The van der Waals surface area contributed by atoms with Crippen LogP contribution >= 0.6 is 27.5 Å². The van der Waals surface area contributed by atoms with Crippen molar-refractivity contribution in [2.45, 2.75) is 25.7 Å². The van der Waals surface area contributed by atoms with E-state index in [0.29, 0.717) is 28.5 Å². The molecule has 0 saturated carbocycles. The van der Waals surface area contributed by atoms with Gasteiger partial charge in [0.2, 0.25) is 0 Å². The zero-order chi connectivity index (χ0) is 16.5. The maximum absolute atomic E-state index is 12.4. The molecule has 122 valence electrons. The molecule has 0 unspecified atom stereocenters. The third kappa shape index (κ3) is 5.67. The van der Waals surface area contributed by atoms with Crippen LogP contribution in [-0.2, 0) is 0 Å². The van der Waals surface area contributed by atoms with Crippen LogP contribution in [0.25, 0.3) is 0 Å². The van der Waals surface area contributed by atoms with Crippen LogP contribution in [-0.4, -0.2) is 17.7 Å². The van der Waals surface area contributed by atoms with E-state index in [2.05, 4.69) is 15.9 Å². The molecule has 0 aromatic heterocycles. The highest BCUT2D eigenvalue weighted by molar-refractivity contribution is 9.09. The number of rotatable bonds is 9. The summed E-state index contributed by atoms with van der Waals surface area (Å²) in [5.74, 6) is 0.602. The van der Waals surface area contributed by atoms with Crippen molar-refractivity contribution in [2.75, 3.05) is 11.9 Å². The van der Waals surface area contributed by atoms with Gasteiger partial charge in [-0.2, -0.15) is 0 Å². The first kappa shape index (κ1) is 18.0. The lowest BCUT2D eigenvalue weighted by molar-refractivity contribution is 0.103. The molecule has 2 aromatic carbocycles. The lowest BCUT2D eigenvalue weighted by atomic mass is 10.0. The molecule has 0 aliphatic carbocycles. The van der Waals surface area contributed by atoms with Gasteiger partial charge in [0.15, 0.2) is 5.78 Å². The van der Waals surface area contributed by atoms with E-state index in [-0.39, 0.29) is 5.78 Å². The normalized spacial score (nSPS) is 10.5. The van der Waals surface area contributed by atoms with E-state index >= 15 is 0 Å². The number of ketones is 1. The van der Waals surface area contributed by atoms with Gasteiger partial charge in [0.05, 0.1) is 11.6 Å². The monoisotopic (exact) mass is 394 g/mol. The SMILES string of the molecule is O=C(c1ccccc1)c1ccc(OCCCCCCBr)c(Cl)c1. The Balaban J connectivity index is 1.91. The smallest absolute Gasteiger partial charge is 0.193 e.